The first kappa shape index (κ1) is 21.7. The molecule has 2 amide bonds. The molecular formula is C26H23N5O2. The number of carbonyl (C=O) groups is 2. The van der Waals surface area contributed by atoms with E-state index in [2.05, 4.69) is 25.9 Å². The molecule has 3 N–H and O–H groups in total. The van der Waals surface area contributed by atoms with Gasteiger partial charge in [-0.25, -0.2) is 9.97 Å². The van der Waals surface area contributed by atoms with Gasteiger partial charge in [-0.1, -0.05) is 48.5 Å². The van der Waals surface area contributed by atoms with Crippen molar-refractivity contribution in [2.75, 3.05) is 10.6 Å². The van der Waals surface area contributed by atoms with E-state index in [1.165, 1.54) is 6.92 Å². The first-order chi connectivity index (χ1) is 16.1. The maximum Gasteiger partial charge on any atom is 0.251 e. The van der Waals surface area contributed by atoms with Gasteiger partial charge in [0, 0.05) is 42.2 Å². The van der Waals surface area contributed by atoms with Crippen molar-refractivity contribution in [2.45, 2.75) is 13.5 Å². The minimum absolute atomic E-state index is 0.118. The number of amides is 2. The van der Waals surface area contributed by atoms with Crippen LogP contribution in [-0.2, 0) is 11.3 Å². The lowest BCUT2D eigenvalue weighted by Crippen LogP contribution is -2.22. The van der Waals surface area contributed by atoms with Crippen LogP contribution in [0.4, 0.5) is 17.3 Å². The van der Waals surface area contributed by atoms with E-state index in [9.17, 15) is 9.59 Å². The van der Waals surface area contributed by atoms with Crippen molar-refractivity contribution in [3.8, 4) is 11.3 Å². The van der Waals surface area contributed by atoms with E-state index in [0.29, 0.717) is 23.7 Å². The Hall–Kier alpha value is -4.52. The summed E-state index contributed by atoms with van der Waals surface area (Å²) in [6, 6.07) is 26.2. The van der Waals surface area contributed by atoms with Gasteiger partial charge in [-0.3, -0.25) is 9.59 Å². The van der Waals surface area contributed by atoms with Crippen molar-refractivity contribution in [3.63, 3.8) is 0 Å². The molecule has 0 spiro atoms. The second-order valence-electron chi connectivity index (χ2n) is 7.40. The third-order valence-electron chi connectivity index (χ3n) is 4.83. The molecular weight excluding hydrogens is 414 g/mol. The smallest absolute Gasteiger partial charge is 0.251 e. The van der Waals surface area contributed by atoms with Gasteiger partial charge >= 0.3 is 0 Å². The standard InChI is InChI=1S/C26H23N5O2/c1-18(32)29-22-12-10-20(11-13-22)24-14-15-27-26(31-24)30-23-9-5-8-21(16-23)25(33)28-17-19-6-3-2-4-7-19/h2-16H,17H2,1H3,(H,28,33)(H,29,32)(H,27,30,31). The molecule has 0 bridgehead atoms. The average molecular weight is 438 g/mol. The van der Waals surface area contributed by atoms with Crippen LogP contribution in [0.5, 0.6) is 0 Å². The quantitative estimate of drug-likeness (QED) is 0.387. The summed E-state index contributed by atoms with van der Waals surface area (Å²) in [5, 5.41) is 8.83. The lowest BCUT2D eigenvalue weighted by atomic mass is 10.1. The Morgan fingerprint density at radius 1 is 0.848 bits per heavy atom. The van der Waals surface area contributed by atoms with Crippen LogP contribution < -0.4 is 16.0 Å². The molecule has 0 aliphatic heterocycles. The highest BCUT2D eigenvalue weighted by molar-refractivity contribution is 5.95. The summed E-state index contributed by atoms with van der Waals surface area (Å²) in [5.74, 6) is 0.143. The van der Waals surface area contributed by atoms with E-state index in [0.717, 1.165) is 22.5 Å². The SMILES string of the molecule is CC(=O)Nc1ccc(-c2ccnc(Nc3cccc(C(=O)NCc4ccccc4)c3)n2)cc1. The van der Waals surface area contributed by atoms with E-state index >= 15 is 0 Å². The van der Waals surface area contributed by atoms with Crippen molar-refractivity contribution in [1.82, 2.24) is 15.3 Å². The number of carbonyl (C=O) groups excluding carboxylic acids is 2. The molecule has 1 aromatic heterocycles. The molecule has 0 aliphatic carbocycles. The molecule has 0 fully saturated rings. The first-order valence-corrected chi connectivity index (χ1v) is 10.5. The topological polar surface area (TPSA) is 96.0 Å². The fourth-order valence-corrected chi connectivity index (χ4v) is 3.25. The molecule has 0 aliphatic rings. The maximum atomic E-state index is 12.6. The molecule has 7 heteroatoms. The van der Waals surface area contributed by atoms with E-state index in [1.807, 2.05) is 72.8 Å². The molecule has 4 aromatic rings. The van der Waals surface area contributed by atoms with Gasteiger partial charge in [-0.15, -0.1) is 0 Å². The number of nitrogens with zero attached hydrogens (tertiary/aromatic N) is 2. The minimum atomic E-state index is -0.156. The van der Waals surface area contributed by atoms with E-state index < -0.39 is 0 Å². The number of hydrogen-bond donors (Lipinski definition) is 3. The molecule has 7 nitrogen and oxygen atoms in total. The fraction of sp³-hybridized carbons (Fsp3) is 0.0769. The van der Waals surface area contributed by atoms with Crippen molar-refractivity contribution in [1.29, 1.82) is 0 Å². The van der Waals surface area contributed by atoms with Gasteiger partial charge in [-0.2, -0.15) is 0 Å². The van der Waals surface area contributed by atoms with Crippen LogP contribution in [0.3, 0.4) is 0 Å². The molecule has 4 rings (SSSR count). The zero-order valence-corrected chi connectivity index (χ0v) is 18.1. The van der Waals surface area contributed by atoms with Crippen LogP contribution >= 0.6 is 0 Å². The predicted molar refractivity (Wildman–Crippen MR) is 129 cm³/mol. The molecule has 0 radical (unpaired) electrons. The van der Waals surface area contributed by atoms with Crippen molar-refractivity contribution in [3.05, 3.63) is 102 Å². The Kier molecular flexibility index (Phi) is 6.70. The summed E-state index contributed by atoms with van der Waals surface area (Å²) in [7, 11) is 0. The Balaban J connectivity index is 1.44. The highest BCUT2D eigenvalue weighted by Gasteiger charge is 2.08. The summed E-state index contributed by atoms with van der Waals surface area (Å²) in [6.07, 6.45) is 1.67. The average Bonchev–Trinajstić information content (AvgIpc) is 2.84. The number of rotatable bonds is 7. The van der Waals surface area contributed by atoms with Crippen LogP contribution in [0.2, 0.25) is 0 Å². The first-order valence-electron chi connectivity index (χ1n) is 10.5. The second kappa shape index (κ2) is 10.2. The Labute approximate surface area is 191 Å². The summed E-state index contributed by atoms with van der Waals surface area (Å²) in [4.78, 5) is 32.6. The third kappa shape index (κ3) is 6.01. The van der Waals surface area contributed by atoms with Crippen LogP contribution in [0.1, 0.15) is 22.8 Å². The Morgan fingerprint density at radius 3 is 2.39 bits per heavy atom. The van der Waals surface area contributed by atoms with Crippen molar-refractivity contribution >= 4 is 29.1 Å². The molecule has 33 heavy (non-hydrogen) atoms. The number of anilines is 3. The highest BCUT2D eigenvalue weighted by atomic mass is 16.2. The Bertz CT molecular complexity index is 1260. The van der Waals surface area contributed by atoms with Crippen LogP contribution in [-0.4, -0.2) is 21.8 Å². The van der Waals surface area contributed by atoms with Gasteiger partial charge < -0.3 is 16.0 Å². The van der Waals surface area contributed by atoms with Crippen LogP contribution in [0.25, 0.3) is 11.3 Å². The van der Waals surface area contributed by atoms with Gasteiger partial charge in [0.1, 0.15) is 0 Å². The summed E-state index contributed by atoms with van der Waals surface area (Å²) in [6.45, 7) is 1.93. The Morgan fingerprint density at radius 2 is 1.64 bits per heavy atom. The van der Waals surface area contributed by atoms with Gasteiger partial charge in [-0.05, 0) is 42.0 Å². The molecule has 0 unspecified atom stereocenters. The molecule has 164 valence electrons. The summed E-state index contributed by atoms with van der Waals surface area (Å²) in [5.41, 5.74) is 4.64. The van der Waals surface area contributed by atoms with Gasteiger partial charge in [0.05, 0.1) is 5.69 Å². The zero-order valence-electron chi connectivity index (χ0n) is 18.1. The van der Waals surface area contributed by atoms with E-state index in [-0.39, 0.29) is 11.8 Å². The molecule has 0 saturated carbocycles. The van der Waals surface area contributed by atoms with Crippen molar-refractivity contribution in [2.24, 2.45) is 0 Å². The van der Waals surface area contributed by atoms with E-state index in [4.69, 9.17) is 0 Å². The number of benzene rings is 3. The van der Waals surface area contributed by atoms with Crippen molar-refractivity contribution < 1.29 is 9.59 Å². The lowest BCUT2D eigenvalue weighted by molar-refractivity contribution is -0.114. The predicted octanol–water partition coefficient (Wildman–Crippen LogP) is 4.78. The fourth-order valence-electron chi connectivity index (χ4n) is 3.25. The largest absolute Gasteiger partial charge is 0.348 e. The molecule has 0 saturated heterocycles. The minimum Gasteiger partial charge on any atom is -0.348 e. The van der Waals surface area contributed by atoms with Gasteiger partial charge in [0.25, 0.3) is 5.91 Å². The number of nitrogens with one attached hydrogen (secondary N) is 3. The molecule has 0 atom stereocenters. The zero-order chi connectivity index (χ0) is 23.0. The third-order valence-corrected chi connectivity index (χ3v) is 4.83. The van der Waals surface area contributed by atoms with Gasteiger partial charge in [0.2, 0.25) is 11.9 Å². The van der Waals surface area contributed by atoms with E-state index in [1.54, 1.807) is 18.3 Å². The number of hydrogen-bond acceptors (Lipinski definition) is 5. The lowest BCUT2D eigenvalue weighted by Gasteiger charge is -2.10. The summed E-state index contributed by atoms with van der Waals surface area (Å²) < 4.78 is 0. The second-order valence-corrected chi connectivity index (χ2v) is 7.40. The highest BCUT2D eigenvalue weighted by Crippen LogP contribution is 2.22. The molecule has 3 aromatic carbocycles. The summed E-state index contributed by atoms with van der Waals surface area (Å²) >= 11 is 0. The molecule has 1 heterocycles. The van der Waals surface area contributed by atoms with Crippen LogP contribution in [0.15, 0.2) is 91.1 Å². The monoisotopic (exact) mass is 437 g/mol. The number of aromatic nitrogens is 2. The maximum absolute atomic E-state index is 12.6. The van der Waals surface area contributed by atoms with Gasteiger partial charge in [0.15, 0.2) is 0 Å². The van der Waals surface area contributed by atoms with Crippen LogP contribution in [0, 0.1) is 0 Å². The normalized spacial score (nSPS) is 10.3.